The molecule has 0 saturated carbocycles. The molecule has 0 atom stereocenters. The minimum Gasteiger partial charge on any atom is -0.441 e. The van der Waals surface area contributed by atoms with Crippen LogP contribution in [0.1, 0.15) is 30.4 Å². The third-order valence-corrected chi connectivity index (χ3v) is 3.48. The van der Waals surface area contributed by atoms with Crippen molar-refractivity contribution in [3.63, 3.8) is 0 Å². The van der Waals surface area contributed by atoms with E-state index in [2.05, 4.69) is 58.8 Å². The van der Waals surface area contributed by atoms with Gasteiger partial charge < -0.3 is 4.42 Å². The summed E-state index contributed by atoms with van der Waals surface area (Å²) >= 11 is 2.31. The number of hydrogen-bond donors (Lipinski definition) is 0. The summed E-state index contributed by atoms with van der Waals surface area (Å²) in [4.78, 5) is 4.50. The number of hydrogen-bond acceptors (Lipinski definition) is 2. The number of rotatable bonds is 4. The highest BCUT2D eigenvalue weighted by molar-refractivity contribution is 14.1. The SMILES string of the molecule is CCCc1ccc(-c2nc(CI)c(C)o2)cc1. The summed E-state index contributed by atoms with van der Waals surface area (Å²) in [5.41, 5.74) is 3.47. The fourth-order valence-electron chi connectivity index (χ4n) is 1.78. The molecule has 17 heavy (non-hydrogen) atoms. The van der Waals surface area contributed by atoms with Gasteiger partial charge in [0, 0.05) is 9.99 Å². The maximum Gasteiger partial charge on any atom is 0.226 e. The molecule has 0 unspecified atom stereocenters. The van der Waals surface area contributed by atoms with Gasteiger partial charge in [-0.1, -0.05) is 48.1 Å². The largest absolute Gasteiger partial charge is 0.441 e. The topological polar surface area (TPSA) is 26.0 Å². The minimum absolute atomic E-state index is 0.734. The summed E-state index contributed by atoms with van der Waals surface area (Å²) in [6, 6.07) is 8.49. The van der Waals surface area contributed by atoms with Gasteiger partial charge in [0.05, 0.1) is 5.69 Å². The van der Waals surface area contributed by atoms with Crippen LogP contribution in [0.2, 0.25) is 0 Å². The number of benzene rings is 1. The molecular weight excluding hydrogens is 325 g/mol. The van der Waals surface area contributed by atoms with Crippen molar-refractivity contribution in [3.05, 3.63) is 41.3 Å². The van der Waals surface area contributed by atoms with Crippen LogP contribution in [-0.4, -0.2) is 4.98 Å². The lowest BCUT2D eigenvalue weighted by Gasteiger charge is -1.99. The zero-order valence-corrected chi connectivity index (χ0v) is 12.3. The Morgan fingerprint density at radius 2 is 1.94 bits per heavy atom. The van der Waals surface area contributed by atoms with Crippen molar-refractivity contribution >= 4 is 22.6 Å². The molecule has 1 heterocycles. The number of oxazole rings is 1. The Morgan fingerprint density at radius 1 is 1.24 bits per heavy atom. The average molecular weight is 341 g/mol. The van der Waals surface area contributed by atoms with Crippen molar-refractivity contribution < 1.29 is 4.42 Å². The Balaban J connectivity index is 2.26. The highest BCUT2D eigenvalue weighted by Crippen LogP contribution is 2.23. The smallest absolute Gasteiger partial charge is 0.226 e. The molecule has 2 aromatic rings. The molecule has 0 fully saturated rings. The summed E-state index contributed by atoms with van der Waals surface area (Å²) < 4.78 is 6.57. The molecule has 0 spiro atoms. The van der Waals surface area contributed by atoms with Crippen molar-refractivity contribution in [2.24, 2.45) is 0 Å². The molecule has 0 saturated heterocycles. The molecule has 0 radical (unpaired) electrons. The monoisotopic (exact) mass is 341 g/mol. The molecule has 0 aliphatic heterocycles. The number of halogens is 1. The van der Waals surface area contributed by atoms with Gasteiger partial charge in [-0.25, -0.2) is 4.98 Å². The normalized spacial score (nSPS) is 10.8. The Hall–Kier alpha value is -0.840. The van der Waals surface area contributed by atoms with Crippen molar-refractivity contribution in [1.29, 1.82) is 0 Å². The van der Waals surface area contributed by atoms with Crippen molar-refractivity contribution in [1.82, 2.24) is 4.98 Å². The second-order valence-corrected chi connectivity index (χ2v) is 4.87. The third-order valence-electron chi connectivity index (χ3n) is 2.76. The van der Waals surface area contributed by atoms with Crippen molar-refractivity contribution in [3.8, 4) is 11.5 Å². The van der Waals surface area contributed by atoms with E-state index in [0.717, 1.165) is 33.8 Å². The molecule has 0 N–H and O–H groups in total. The number of aromatic nitrogens is 1. The predicted octanol–water partition coefficient (Wildman–Crippen LogP) is 4.54. The van der Waals surface area contributed by atoms with Crippen LogP contribution in [0.3, 0.4) is 0 Å². The van der Waals surface area contributed by atoms with Gasteiger partial charge in [0.15, 0.2) is 0 Å². The van der Waals surface area contributed by atoms with Gasteiger partial charge in [0.1, 0.15) is 5.76 Å². The zero-order valence-electron chi connectivity index (χ0n) is 10.2. The lowest BCUT2D eigenvalue weighted by Crippen LogP contribution is -1.84. The number of nitrogens with zero attached hydrogens (tertiary/aromatic N) is 1. The molecule has 1 aromatic heterocycles. The lowest BCUT2D eigenvalue weighted by atomic mass is 10.1. The number of alkyl halides is 1. The first kappa shape index (κ1) is 12.6. The van der Waals surface area contributed by atoms with E-state index in [1.165, 1.54) is 12.0 Å². The van der Waals surface area contributed by atoms with Gasteiger partial charge >= 0.3 is 0 Å². The highest BCUT2D eigenvalue weighted by Gasteiger charge is 2.09. The van der Waals surface area contributed by atoms with Crippen molar-refractivity contribution in [2.75, 3.05) is 0 Å². The standard InChI is InChI=1S/C14H16INO/c1-3-4-11-5-7-12(8-6-11)14-16-13(9-15)10(2)17-14/h5-8H,3-4,9H2,1-2H3. The van der Waals surface area contributed by atoms with Crippen LogP contribution in [0, 0.1) is 6.92 Å². The van der Waals surface area contributed by atoms with E-state index in [0.29, 0.717) is 0 Å². The van der Waals surface area contributed by atoms with Gasteiger partial charge in [-0.2, -0.15) is 0 Å². The molecule has 2 nitrogen and oxygen atoms in total. The van der Waals surface area contributed by atoms with Crippen LogP contribution in [-0.2, 0) is 10.8 Å². The van der Waals surface area contributed by atoms with Gasteiger partial charge in [0.25, 0.3) is 0 Å². The molecule has 3 heteroatoms. The van der Waals surface area contributed by atoms with Crippen LogP contribution in [0.5, 0.6) is 0 Å². The van der Waals surface area contributed by atoms with E-state index in [1.807, 2.05) is 6.92 Å². The molecule has 0 amide bonds. The van der Waals surface area contributed by atoms with Gasteiger partial charge in [-0.05, 0) is 31.0 Å². The van der Waals surface area contributed by atoms with Gasteiger partial charge in [-0.3, -0.25) is 0 Å². The van der Waals surface area contributed by atoms with E-state index in [9.17, 15) is 0 Å². The van der Waals surface area contributed by atoms with Gasteiger partial charge in [0.2, 0.25) is 5.89 Å². The van der Waals surface area contributed by atoms with E-state index in [-0.39, 0.29) is 0 Å². The fraction of sp³-hybridized carbons (Fsp3) is 0.357. The summed E-state index contributed by atoms with van der Waals surface area (Å²) in [6.07, 6.45) is 2.31. The molecule has 0 aliphatic rings. The number of aryl methyl sites for hydroxylation is 2. The molecule has 2 rings (SSSR count). The molecule has 0 bridgehead atoms. The molecule has 1 aromatic carbocycles. The highest BCUT2D eigenvalue weighted by atomic mass is 127. The summed E-state index contributed by atoms with van der Waals surface area (Å²) in [5.74, 6) is 1.66. The summed E-state index contributed by atoms with van der Waals surface area (Å²) in [5, 5.41) is 0. The summed E-state index contributed by atoms with van der Waals surface area (Å²) in [7, 11) is 0. The Bertz CT molecular complexity index is 487. The van der Waals surface area contributed by atoms with E-state index >= 15 is 0 Å². The fourth-order valence-corrected chi connectivity index (χ4v) is 2.49. The van der Waals surface area contributed by atoms with Crippen LogP contribution in [0.4, 0.5) is 0 Å². The van der Waals surface area contributed by atoms with Crippen molar-refractivity contribution in [2.45, 2.75) is 31.1 Å². The van der Waals surface area contributed by atoms with E-state index in [4.69, 9.17) is 4.42 Å². The van der Waals surface area contributed by atoms with Crippen LogP contribution >= 0.6 is 22.6 Å². The quantitative estimate of drug-likeness (QED) is 0.603. The van der Waals surface area contributed by atoms with Crippen LogP contribution < -0.4 is 0 Å². The van der Waals surface area contributed by atoms with E-state index in [1.54, 1.807) is 0 Å². The molecule has 0 aliphatic carbocycles. The minimum atomic E-state index is 0.734. The predicted molar refractivity (Wildman–Crippen MR) is 78.4 cm³/mol. The first-order valence-electron chi connectivity index (χ1n) is 5.86. The maximum absolute atomic E-state index is 5.68. The van der Waals surface area contributed by atoms with Crippen LogP contribution in [0.15, 0.2) is 28.7 Å². The average Bonchev–Trinajstić information content (AvgIpc) is 2.72. The Kier molecular flexibility index (Phi) is 4.20. The Morgan fingerprint density at radius 3 is 2.47 bits per heavy atom. The van der Waals surface area contributed by atoms with E-state index < -0.39 is 0 Å². The Labute approximate surface area is 116 Å². The molecule has 90 valence electrons. The van der Waals surface area contributed by atoms with Gasteiger partial charge in [-0.15, -0.1) is 0 Å². The van der Waals surface area contributed by atoms with Crippen LogP contribution in [0.25, 0.3) is 11.5 Å². The summed E-state index contributed by atoms with van der Waals surface area (Å²) in [6.45, 7) is 4.16. The second kappa shape index (κ2) is 5.67. The zero-order chi connectivity index (χ0) is 12.3. The lowest BCUT2D eigenvalue weighted by molar-refractivity contribution is 0.540. The third kappa shape index (κ3) is 2.89. The first-order valence-corrected chi connectivity index (χ1v) is 7.38. The first-order chi connectivity index (χ1) is 8.24. The molecular formula is C14H16INO. The maximum atomic E-state index is 5.68. The second-order valence-electron chi connectivity index (χ2n) is 4.10.